The van der Waals surface area contributed by atoms with Crippen molar-refractivity contribution in [2.45, 2.75) is 26.7 Å². The third-order valence-electron chi connectivity index (χ3n) is 2.13. The van der Waals surface area contributed by atoms with Crippen molar-refractivity contribution >= 4 is 6.29 Å². The molecule has 1 aromatic carbocycles. The molecule has 0 aromatic heterocycles. The van der Waals surface area contributed by atoms with Crippen LogP contribution in [0.3, 0.4) is 0 Å². The molecule has 0 unspecified atom stereocenters. The van der Waals surface area contributed by atoms with Gasteiger partial charge in [0.05, 0.1) is 0 Å². The molecule has 0 bridgehead atoms. The van der Waals surface area contributed by atoms with E-state index in [9.17, 15) is 4.79 Å². The Balaban J connectivity index is 2.99. The molecule has 0 aliphatic rings. The van der Waals surface area contributed by atoms with Gasteiger partial charge in [0.25, 0.3) is 0 Å². The zero-order chi connectivity index (χ0) is 8.97. The minimum atomic E-state index is 0.541. The van der Waals surface area contributed by atoms with Gasteiger partial charge in [-0.2, -0.15) is 0 Å². The van der Waals surface area contributed by atoms with E-state index >= 15 is 0 Å². The molecule has 0 N–H and O–H groups in total. The summed E-state index contributed by atoms with van der Waals surface area (Å²) in [4.78, 5) is 10.3. The second-order valence-corrected chi connectivity index (χ2v) is 2.99. The van der Waals surface area contributed by atoms with E-state index in [1.165, 1.54) is 11.1 Å². The fraction of sp³-hybridized carbons (Fsp3) is 0.364. The van der Waals surface area contributed by atoms with E-state index in [1.54, 1.807) is 0 Å². The van der Waals surface area contributed by atoms with Gasteiger partial charge < -0.3 is 4.79 Å². The van der Waals surface area contributed by atoms with Crippen LogP contribution in [-0.4, -0.2) is 6.29 Å². The zero-order valence-corrected chi connectivity index (χ0v) is 7.63. The maximum atomic E-state index is 10.3. The molecule has 1 nitrogen and oxygen atoms in total. The second-order valence-electron chi connectivity index (χ2n) is 2.99. The summed E-state index contributed by atoms with van der Waals surface area (Å²) in [5.41, 5.74) is 3.67. The van der Waals surface area contributed by atoms with Gasteiger partial charge in [0.2, 0.25) is 0 Å². The van der Waals surface area contributed by atoms with Gasteiger partial charge >= 0.3 is 0 Å². The molecule has 12 heavy (non-hydrogen) atoms. The fourth-order valence-corrected chi connectivity index (χ4v) is 1.25. The van der Waals surface area contributed by atoms with E-state index < -0.39 is 0 Å². The molecule has 0 saturated heterocycles. The van der Waals surface area contributed by atoms with Gasteiger partial charge in [-0.1, -0.05) is 25.1 Å². The molecule has 0 spiro atoms. The van der Waals surface area contributed by atoms with Gasteiger partial charge in [0, 0.05) is 6.42 Å². The number of hydrogen-bond donors (Lipinski definition) is 0. The molecule has 1 heteroatoms. The smallest absolute Gasteiger partial charge is 0.124 e. The van der Waals surface area contributed by atoms with E-state index in [4.69, 9.17) is 0 Å². The Morgan fingerprint density at radius 2 is 2.17 bits per heavy atom. The molecule has 0 atom stereocenters. The standard InChI is InChI=1S/C11H14O/c1-3-10-5-4-9(2)11(8-10)6-7-12/h4-5,7-8H,3,6H2,1-2H3. The van der Waals surface area contributed by atoms with Gasteiger partial charge in [-0.25, -0.2) is 0 Å². The molecule has 1 aromatic rings. The monoisotopic (exact) mass is 162 g/mol. The van der Waals surface area contributed by atoms with Crippen molar-refractivity contribution in [3.63, 3.8) is 0 Å². The van der Waals surface area contributed by atoms with Crippen molar-refractivity contribution in [3.05, 3.63) is 34.9 Å². The molecule has 0 fully saturated rings. The van der Waals surface area contributed by atoms with E-state index in [0.717, 1.165) is 18.3 Å². The Morgan fingerprint density at radius 3 is 2.75 bits per heavy atom. The van der Waals surface area contributed by atoms with Crippen LogP contribution < -0.4 is 0 Å². The molecular formula is C11H14O. The summed E-state index contributed by atoms with van der Waals surface area (Å²) in [5.74, 6) is 0. The highest BCUT2D eigenvalue weighted by atomic mass is 16.1. The first kappa shape index (κ1) is 8.98. The Morgan fingerprint density at radius 1 is 1.42 bits per heavy atom. The molecule has 0 aliphatic heterocycles. The first-order chi connectivity index (χ1) is 5.77. The van der Waals surface area contributed by atoms with Crippen LogP contribution >= 0.6 is 0 Å². The van der Waals surface area contributed by atoms with Crippen LogP contribution in [0, 0.1) is 6.92 Å². The second kappa shape index (κ2) is 4.05. The number of aldehydes is 1. The largest absolute Gasteiger partial charge is 0.303 e. The highest BCUT2D eigenvalue weighted by Gasteiger charge is 1.97. The van der Waals surface area contributed by atoms with Crippen molar-refractivity contribution < 1.29 is 4.79 Å². The molecule has 0 amide bonds. The summed E-state index contributed by atoms with van der Waals surface area (Å²) in [7, 11) is 0. The quantitative estimate of drug-likeness (QED) is 0.623. The van der Waals surface area contributed by atoms with E-state index in [0.29, 0.717) is 6.42 Å². The highest BCUT2D eigenvalue weighted by Crippen LogP contribution is 2.11. The highest BCUT2D eigenvalue weighted by molar-refractivity contribution is 5.56. The van der Waals surface area contributed by atoms with Gasteiger partial charge in [-0.05, 0) is 30.0 Å². The lowest BCUT2D eigenvalue weighted by molar-refractivity contribution is -0.107. The van der Waals surface area contributed by atoms with Crippen LogP contribution in [0.1, 0.15) is 23.6 Å². The molecule has 0 aliphatic carbocycles. The lowest BCUT2D eigenvalue weighted by Crippen LogP contribution is -1.92. The topological polar surface area (TPSA) is 17.1 Å². The third-order valence-corrected chi connectivity index (χ3v) is 2.13. The molecule has 64 valence electrons. The molecule has 0 saturated carbocycles. The van der Waals surface area contributed by atoms with Gasteiger partial charge in [-0.3, -0.25) is 0 Å². The summed E-state index contributed by atoms with van der Waals surface area (Å²) >= 11 is 0. The molecular weight excluding hydrogens is 148 g/mol. The number of aryl methyl sites for hydroxylation is 2. The number of carbonyl (C=O) groups is 1. The minimum absolute atomic E-state index is 0.541. The maximum Gasteiger partial charge on any atom is 0.124 e. The Labute approximate surface area is 73.4 Å². The summed E-state index contributed by atoms with van der Waals surface area (Å²) in [5, 5.41) is 0. The average molecular weight is 162 g/mol. The first-order valence-corrected chi connectivity index (χ1v) is 4.30. The Hall–Kier alpha value is -1.11. The lowest BCUT2D eigenvalue weighted by atomic mass is 10.0. The van der Waals surface area contributed by atoms with Gasteiger partial charge in [0.15, 0.2) is 0 Å². The summed E-state index contributed by atoms with van der Waals surface area (Å²) in [6.45, 7) is 4.16. The summed E-state index contributed by atoms with van der Waals surface area (Å²) in [6, 6.07) is 6.31. The van der Waals surface area contributed by atoms with Crippen LogP contribution in [0.2, 0.25) is 0 Å². The average Bonchev–Trinajstić information content (AvgIpc) is 2.09. The predicted molar refractivity (Wildman–Crippen MR) is 50.3 cm³/mol. The SMILES string of the molecule is CCc1ccc(C)c(CC=O)c1. The molecule has 0 radical (unpaired) electrons. The maximum absolute atomic E-state index is 10.3. The van der Waals surface area contributed by atoms with Crippen LogP contribution in [0.4, 0.5) is 0 Å². The predicted octanol–water partition coefficient (Wildman–Crippen LogP) is 2.30. The molecule has 1 rings (SSSR count). The Bertz CT molecular complexity index is 276. The van der Waals surface area contributed by atoms with Crippen LogP contribution in [-0.2, 0) is 17.6 Å². The summed E-state index contributed by atoms with van der Waals surface area (Å²) < 4.78 is 0. The lowest BCUT2D eigenvalue weighted by Gasteiger charge is -2.03. The van der Waals surface area contributed by atoms with E-state index in [2.05, 4.69) is 25.1 Å². The van der Waals surface area contributed by atoms with Crippen molar-refractivity contribution in [2.24, 2.45) is 0 Å². The third kappa shape index (κ3) is 1.94. The number of hydrogen-bond acceptors (Lipinski definition) is 1. The van der Waals surface area contributed by atoms with Gasteiger partial charge in [0.1, 0.15) is 6.29 Å². The zero-order valence-electron chi connectivity index (χ0n) is 7.63. The molecule has 0 heterocycles. The number of carbonyl (C=O) groups excluding carboxylic acids is 1. The van der Waals surface area contributed by atoms with E-state index in [-0.39, 0.29) is 0 Å². The van der Waals surface area contributed by atoms with Crippen molar-refractivity contribution in [1.29, 1.82) is 0 Å². The van der Waals surface area contributed by atoms with Crippen LogP contribution in [0.25, 0.3) is 0 Å². The minimum Gasteiger partial charge on any atom is -0.303 e. The fourth-order valence-electron chi connectivity index (χ4n) is 1.25. The van der Waals surface area contributed by atoms with Crippen LogP contribution in [0.15, 0.2) is 18.2 Å². The first-order valence-electron chi connectivity index (χ1n) is 4.30. The van der Waals surface area contributed by atoms with Crippen molar-refractivity contribution in [2.75, 3.05) is 0 Å². The van der Waals surface area contributed by atoms with Crippen LogP contribution in [0.5, 0.6) is 0 Å². The summed E-state index contributed by atoms with van der Waals surface area (Å²) in [6.07, 6.45) is 2.54. The normalized spacial score (nSPS) is 9.83. The van der Waals surface area contributed by atoms with Gasteiger partial charge in [-0.15, -0.1) is 0 Å². The van der Waals surface area contributed by atoms with Crippen molar-refractivity contribution in [3.8, 4) is 0 Å². The Kier molecular flexibility index (Phi) is 3.03. The van der Waals surface area contributed by atoms with E-state index in [1.807, 2.05) is 6.92 Å². The number of rotatable bonds is 3. The van der Waals surface area contributed by atoms with Crippen molar-refractivity contribution in [1.82, 2.24) is 0 Å². The number of benzene rings is 1.